The summed E-state index contributed by atoms with van der Waals surface area (Å²) in [4.78, 5) is 22.3. The highest BCUT2D eigenvalue weighted by atomic mass is 16.5. The molecule has 0 saturated carbocycles. The molecule has 1 aliphatic heterocycles. The molecule has 4 N–H and O–H groups in total. The van der Waals surface area contributed by atoms with E-state index in [9.17, 15) is 9.59 Å². The second-order valence-electron chi connectivity index (χ2n) is 4.75. The third-order valence-corrected chi connectivity index (χ3v) is 3.23. The van der Waals surface area contributed by atoms with Gasteiger partial charge >= 0.3 is 6.09 Å². The van der Waals surface area contributed by atoms with Crippen molar-refractivity contribution < 1.29 is 14.3 Å². The summed E-state index contributed by atoms with van der Waals surface area (Å²) < 4.78 is 4.67. The fourth-order valence-corrected chi connectivity index (χ4v) is 2.16. The minimum Gasteiger partial charge on any atom is -0.449 e. The van der Waals surface area contributed by atoms with Crippen molar-refractivity contribution in [2.75, 3.05) is 18.5 Å². The van der Waals surface area contributed by atoms with Crippen molar-refractivity contribution in [1.29, 1.82) is 0 Å². The maximum atomic E-state index is 11.9. The van der Waals surface area contributed by atoms with Crippen molar-refractivity contribution in [2.45, 2.75) is 25.3 Å². The Labute approximate surface area is 117 Å². The van der Waals surface area contributed by atoms with Gasteiger partial charge in [-0.25, -0.2) is 4.79 Å². The molecule has 6 nitrogen and oxygen atoms in total. The predicted octanol–water partition coefficient (Wildman–Crippen LogP) is 1.01. The van der Waals surface area contributed by atoms with Gasteiger partial charge in [-0.3, -0.25) is 4.79 Å². The van der Waals surface area contributed by atoms with E-state index in [1.54, 1.807) is 0 Å². The first-order valence-corrected chi connectivity index (χ1v) is 6.70. The molecule has 1 unspecified atom stereocenters. The van der Waals surface area contributed by atoms with Gasteiger partial charge in [0.05, 0.1) is 12.6 Å². The van der Waals surface area contributed by atoms with Crippen LogP contribution in [0.15, 0.2) is 24.3 Å². The highest BCUT2D eigenvalue weighted by Gasteiger charge is 2.21. The number of primary amides is 1. The summed E-state index contributed by atoms with van der Waals surface area (Å²) in [7, 11) is 0. The van der Waals surface area contributed by atoms with Crippen LogP contribution in [0.3, 0.4) is 0 Å². The van der Waals surface area contributed by atoms with Crippen LogP contribution < -0.4 is 16.4 Å². The van der Waals surface area contributed by atoms with Crippen molar-refractivity contribution in [3.05, 3.63) is 29.8 Å². The molecule has 1 aromatic rings. The second-order valence-corrected chi connectivity index (χ2v) is 4.75. The zero-order valence-corrected chi connectivity index (χ0v) is 11.2. The Kier molecular flexibility index (Phi) is 4.95. The molecule has 2 amide bonds. The Morgan fingerprint density at radius 2 is 2.10 bits per heavy atom. The lowest BCUT2D eigenvalue weighted by molar-refractivity contribution is -0.117. The van der Waals surface area contributed by atoms with Gasteiger partial charge in [-0.15, -0.1) is 0 Å². The molecule has 0 aromatic heterocycles. The topological polar surface area (TPSA) is 93.5 Å². The van der Waals surface area contributed by atoms with Gasteiger partial charge in [0, 0.05) is 12.1 Å². The van der Waals surface area contributed by atoms with E-state index in [0.717, 1.165) is 30.6 Å². The van der Waals surface area contributed by atoms with Crippen molar-refractivity contribution >= 4 is 17.7 Å². The third kappa shape index (κ3) is 4.24. The van der Waals surface area contributed by atoms with E-state index in [4.69, 9.17) is 5.73 Å². The Morgan fingerprint density at radius 3 is 2.70 bits per heavy atom. The van der Waals surface area contributed by atoms with E-state index >= 15 is 0 Å². The van der Waals surface area contributed by atoms with Crippen molar-refractivity contribution in [1.82, 2.24) is 5.32 Å². The molecule has 20 heavy (non-hydrogen) atoms. The number of rotatable bonds is 5. The molecule has 1 aromatic carbocycles. The van der Waals surface area contributed by atoms with Gasteiger partial charge in [-0.05, 0) is 37.1 Å². The van der Waals surface area contributed by atoms with Crippen LogP contribution in [0, 0.1) is 0 Å². The molecule has 1 fully saturated rings. The zero-order chi connectivity index (χ0) is 14.4. The van der Waals surface area contributed by atoms with E-state index in [1.165, 1.54) is 0 Å². The number of nitrogens with two attached hydrogens (primary N) is 1. The minimum atomic E-state index is -0.766. The summed E-state index contributed by atoms with van der Waals surface area (Å²) in [5.74, 6) is 0.00677. The van der Waals surface area contributed by atoms with Crippen LogP contribution in [0.5, 0.6) is 0 Å². The summed E-state index contributed by atoms with van der Waals surface area (Å²) in [6.07, 6.45) is 1.75. The maximum Gasteiger partial charge on any atom is 0.404 e. The molecule has 1 aliphatic rings. The lowest BCUT2D eigenvalue weighted by Crippen LogP contribution is -2.35. The Hall–Kier alpha value is -2.08. The second kappa shape index (κ2) is 6.91. The third-order valence-electron chi connectivity index (χ3n) is 3.23. The van der Waals surface area contributed by atoms with Crippen LogP contribution in [0.1, 0.15) is 18.4 Å². The smallest absolute Gasteiger partial charge is 0.404 e. The normalized spacial score (nSPS) is 17.7. The molecular formula is C14H19N3O3. The molecule has 0 spiro atoms. The first kappa shape index (κ1) is 14.3. The number of ether oxygens (including phenoxy) is 1. The van der Waals surface area contributed by atoms with Crippen LogP contribution >= 0.6 is 0 Å². The van der Waals surface area contributed by atoms with Gasteiger partial charge in [0.25, 0.3) is 0 Å². The van der Waals surface area contributed by atoms with Crippen LogP contribution in [0.25, 0.3) is 0 Å². The predicted molar refractivity (Wildman–Crippen MR) is 75.3 cm³/mol. The fraction of sp³-hybridized carbons (Fsp3) is 0.429. The first-order chi connectivity index (χ1) is 9.65. The Balaban J connectivity index is 1.81. The molecular weight excluding hydrogens is 258 g/mol. The average Bonchev–Trinajstić information content (AvgIpc) is 2.94. The van der Waals surface area contributed by atoms with Gasteiger partial charge in [-0.1, -0.05) is 12.1 Å². The van der Waals surface area contributed by atoms with Crippen LogP contribution in [-0.2, 0) is 16.0 Å². The number of hydrogen-bond acceptors (Lipinski definition) is 4. The zero-order valence-electron chi connectivity index (χ0n) is 11.2. The lowest BCUT2D eigenvalue weighted by atomic mass is 10.1. The van der Waals surface area contributed by atoms with E-state index in [1.807, 2.05) is 24.3 Å². The van der Waals surface area contributed by atoms with Crippen LogP contribution in [0.4, 0.5) is 10.5 Å². The van der Waals surface area contributed by atoms with E-state index in [0.29, 0.717) is 6.42 Å². The molecule has 6 heteroatoms. The summed E-state index contributed by atoms with van der Waals surface area (Å²) in [5.41, 5.74) is 6.66. The molecule has 0 bridgehead atoms. The number of benzene rings is 1. The van der Waals surface area contributed by atoms with E-state index in [2.05, 4.69) is 15.4 Å². The summed E-state index contributed by atoms with van der Waals surface area (Å²) in [6.45, 7) is 1.16. The average molecular weight is 277 g/mol. The molecule has 1 heterocycles. The molecule has 2 rings (SSSR count). The molecule has 1 saturated heterocycles. The lowest BCUT2D eigenvalue weighted by Gasteiger charge is -2.11. The van der Waals surface area contributed by atoms with Gasteiger partial charge in [0.1, 0.15) is 0 Å². The Morgan fingerprint density at radius 1 is 1.35 bits per heavy atom. The first-order valence-electron chi connectivity index (χ1n) is 6.70. The molecule has 108 valence electrons. The maximum absolute atomic E-state index is 11.9. The number of amides is 2. The SMILES string of the molecule is NC(=O)OCCc1ccc(NC(=O)C2CCCN2)cc1. The van der Waals surface area contributed by atoms with Crippen molar-refractivity contribution in [2.24, 2.45) is 5.73 Å². The molecule has 0 aliphatic carbocycles. The monoisotopic (exact) mass is 277 g/mol. The molecule has 0 radical (unpaired) electrons. The van der Waals surface area contributed by atoms with Crippen LogP contribution in [-0.4, -0.2) is 31.2 Å². The fourth-order valence-electron chi connectivity index (χ4n) is 2.16. The summed E-state index contributed by atoms with van der Waals surface area (Å²) in [6, 6.07) is 7.38. The van der Waals surface area contributed by atoms with Crippen LogP contribution in [0.2, 0.25) is 0 Å². The quantitative estimate of drug-likeness (QED) is 0.749. The van der Waals surface area contributed by atoms with Crippen molar-refractivity contribution in [3.8, 4) is 0 Å². The highest BCUT2D eigenvalue weighted by molar-refractivity contribution is 5.95. The van der Waals surface area contributed by atoms with Gasteiger partial charge in [0.2, 0.25) is 5.91 Å². The van der Waals surface area contributed by atoms with Gasteiger partial charge in [0.15, 0.2) is 0 Å². The number of nitrogens with one attached hydrogen (secondary N) is 2. The highest BCUT2D eigenvalue weighted by Crippen LogP contribution is 2.13. The largest absolute Gasteiger partial charge is 0.449 e. The van der Waals surface area contributed by atoms with Gasteiger partial charge in [-0.2, -0.15) is 0 Å². The van der Waals surface area contributed by atoms with E-state index in [-0.39, 0.29) is 18.6 Å². The Bertz CT molecular complexity index is 467. The number of hydrogen-bond donors (Lipinski definition) is 3. The molecule has 1 atom stereocenters. The van der Waals surface area contributed by atoms with E-state index < -0.39 is 6.09 Å². The summed E-state index contributed by atoms with van der Waals surface area (Å²) in [5, 5.41) is 6.03. The summed E-state index contributed by atoms with van der Waals surface area (Å²) >= 11 is 0. The number of carbonyl (C=O) groups is 2. The minimum absolute atomic E-state index is 0.00677. The van der Waals surface area contributed by atoms with Gasteiger partial charge < -0.3 is 21.1 Å². The van der Waals surface area contributed by atoms with Crippen molar-refractivity contribution in [3.63, 3.8) is 0 Å². The standard InChI is InChI=1S/C14H19N3O3/c15-14(19)20-9-7-10-3-5-11(6-4-10)17-13(18)12-2-1-8-16-12/h3-6,12,16H,1-2,7-9H2,(H2,15,19)(H,17,18). The number of carbonyl (C=O) groups excluding carboxylic acids is 2. The number of anilines is 1.